The molecule has 43 heavy (non-hydrogen) atoms. The Kier molecular flexibility index (Phi) is 15.3. The van der Waals surface area contributed by atoms with Crippen molar-refractivity contribution in [3.8, 4) is 11.5 Å². The normalized spacial score (nSPS) is 21.3. The van der Waals surface area contributed by atoms with Gasteiger partial charge in [0.25, 0.3) is 0 Å². The third-order valence-electron chi connectivity index (χ3n) is 8.06. The lowest BCUT2D eigenvalue weighted by Gasteiger charge is -2.19. The first-order chi connectivity index (χ1) is 20.7. The van der Waals surface area contributed by atoms with E-state index in [4.69, 9.17) is 28.4 Å². The van der Waals surface area contributed by atoms with E-state index in [0.717, 1.165) is 50.5 Å². The molecular weight excluding hydrogens is 540 g/mol. The van der Waals surface area contributed by atoms with Crippen LogP contribution in [0.25, 0.3) is 0 Å². The highest BCUT2D eigenvalue weighted by molar-refractivity contribution is 5.31. The topological polar surface area (TPSA) is 65.3 Å². The lowest BCUT2D eigenvalue weighted by Crippen LogP contribution is -2.11. The summed E-state index contributed by atoms with van der Waals surface area (Å²) in [4.78, 5) is 0. The molecule has 242 valence electrons. The molecule has 3 aliphatic heterocycles. The van der Waals surface area contributed by atoms with Crippen LogP contribution < -0.4 is 9.47 Å². The van der Waals surface area contributed by atoms with Crippen molar-refractivity contribution >= 4 is 0 Å². The second-order valence-corrected chi connectivity index (χ2v) is 13.1. The van der Waals surface area contributed by atoms with Gasteiger partial charge in [-0.2, -0.15) is 0 Å². The van der Waals surface area contributed by atoms with Gasteiger partial charge in [-0.1, -0.05) is 92.0 Å². The van der Waals surface area contributed by atoms with Gasteiger partial charge in [0.15, 0.2) is 0 Å². The summed E-state index contributed by atoms with van der Waals surface area (Å²) in [5.41, 5.74) is 2.92. The fourth-order valence-electron chi connectivity index (χ4n) is 4.31. The second-order valence-electron chi connectivity index (χ2n) is 13.1. The average Bonchev–Trinajstić information content (AvgIpc) is 3.86. The molecule has 0 amide bonds. The van der Waals surface area contributed by atoms with Crippen LogP contribution in [0.1, 0.15) is 97.6 Å². The minimum Gasteiger partial charge on any atom is -0.491 e. The maximum atomic E-state index is 5.58. The molecule has 5 rings (SSSR count). The zero-order valence-electron chi connectivity index (χ0n) is 27.9. The van der Waals surface area contributed by atoms with E-state index < -0.39 is 0 Å². The van der Waals surface area contributed by atoms with Gasteiger partial charge in [0, 0.05) is 6.61 Å². The first-order valence-corrected chi connectivity index (χ1v) is 16.6. The van der Waals surface area contributed by atoms with Crippen LogP contribution in [0.3, 0.4) is 0 Å². The number of epoxide rings is 3. The van der Waals surface area contributed by atoms with Crippen LogP contribution in [0.5, 0.6) is 11.5 Å². The van der Waals surface area contributed by atoms with Crippen molar-refractivity contribution in [2.75, 3.05) is 46.2 Å². The molecule has 6 heteroatoms. The van der Waals surface area contributed by atoms with Crippen molar-refractivity contribution in [3.05, 3.63) is 59.7 Å². The molecule has 0 aromatic heterocycles. The Bertz CT molecular complexity index is 987. The smallest absolute Gasteiger partial charge is 0.119 e. The van der Waals surface area contributed by atoms with Crippen molar-refractivity contribution < 1.29 is 28.4 Å². The maximum Gasteiger partial charge on any atom is 0.119 e. The number of hydrogen-bond acceptors (Lipinski definition) is 6. The summed E-state index contributed by atoms with van der Waals surface area (Å²) in [7, 11) is 0. The minimum absolute atomic E-state index is 0.206. The molecule has 0 N–H and O–H groups in total. The standard InChI is InChI=1S/2C13H18O2.C11H22O2/c1-13(2,3)10-4-6-11(7-5-10)14-8-12-9-15-12;1-3-10(2)11-4-6-12(7-5-11)14-8-13-9-15-13;1-3-5-6-10(4-2)7-12-8-11-9-13-11/h4-7,12H,8-9H2,1-3H3;4-7,10,13H,3,8-9H2,1-2H3;10-11H,3-9H2,1-2H3. The molecule has 2 aromatic carbocycles. The highest BCUT2D eigenvalue weighted by atomic mass is 16.6. The largest absolute Gasteiger partial charge is 0.491 e. The van der Waals surface area contributed by atoms with Crippen LogP contribution in [0.15, 0.2) is 48.5 Å². The summed E-state index contributed by atoms with van der Waals surface area (Å²) in [6, 6.07) is 16.7. The molecule has 2 aromatic rings. The van der Waals surface area contributed by atoms with Crippen LogP contribution in [0.2, 0.25) is 0 Å². The molecule has 0 radical (unpaired) electrons. The van der Waals surface area contributed by atoms with E-state index in [1.165, 1.54) is 43.2 Å². The molecule has 0 saturated carbocycles. The van der Waals surface area contributed by atoms with Gasteiger partial charge in [0.2, 0.25) is 0 Å². The van der Waals surface area contributed by atoms with E-state index in [1.54, 1.807) is 0 Å². The Hall–Kier alpha value is -2.12. The Balaban J connectivity index is 0.000000177. The van der Waals surface area contributed by atoms with Crippen molar-refractivity contribution in [2.45, 2.75) is 110 Å². The Morgan fingerprint density at radius 3 is 1.63 bits per heavy atom. The second kappa shape index (κ2) is 18.6. The number of benzene rings is 2. The predicted molar refractivity (Wildman–Crippen MR) is 175 cm³/mol. The summed E-state index contributed by atoms with van der Waals surface area (Å²) in [6.07, 6.45) is 7.44. The Labute approximate surface area is 261 Å². The molecule has 5 atom stereocenters. The number of unbranched alkanes of at least 4 members (excludes halogenated alkanes) is 1. The lowest BCUT2D eigenvalue weighted by atomic mass is 9.87. The molecule has 0 bridgehead atoms. The predicted octanol–water partition coefficient (Wildman–Crippen LogP) is 8.36. The van der Waals surface area contributed by atoms with Crippen molar-refractivity contribution in [2.24, 2.45) is 5.92 Å². The molecule has 0 aliphatic carbocycles. The van der Waals surface area contributed by atoms with E-state index in [0.29, 0.717) is 37.4 Å². The molecular formula is C37H58O6. The number of ether oxygens (including phenoxy) is 6. The monoisotopic (exact) mass is 598 g/mol. The SMILES string of the molecule is CC(C)(C)c1ccc(OCC2CO2)cc1.CCC(C)c1ccc(OCC2CO2)cc1.CCCCC(CC)COCC1CO1. The summed E-state index contributed by atoms with van der Waals surface area (Å²) < 4.78 is 32.0. The molecule has 3 heterocycles. The van der Waals surface area contributed by atoms with Gasteiger partial charge in [-0.15, -0.1) is 0 Å². The first kappa shape index (κ1) is 35.4. The fourth-order valence-corrected chi connectivity index (χ4v) is 4.31. The molecule has 3 fully saturated rings. The third kappa shape index (κ3) is 15.4. The first-order valence-electron chi connectivity index (χ1n) is 16.6. The lowest BCUT2D eigenvalue weighted by molar-refractivity contribution is 0.0813. The van der Waals surface area contributed by atoms with Gasteiger partial charge >= 0.3 is 0 Å². The van der Waals surface area contributed by atoms with Gasteiger partial charge in [-0.25, -0.2) is 0 Å². The molecule has 3 aliphatic rings. The zero-order valence-corrected chi connectivity index (χ0v) is 27.9. The van der Waals surface area contributed by atoms with E-state index in [1.807, 2.05) is 24.3 Å². The Morgan fingerprint density at radius 2 is 1.21 bits per heavy atom. The van der Waals surface area contributed by atoms with Crippen LogP contribution in [-0.2, 0) is 24.4 Å². The van der Waals surface area contributed by atoms with Gasteiger partial charge in [-0.3, -0.25) is 0 Å². The van der Waals surface area contributed by atoms with Gasteiger partial charge in [0.1, 0.15) is 43.0 Å². The van der Waals surface area contributed by atoms with Gasteiger partial charge < -0.3 is 28.4 Å². The van der Waals surface area contributed by atoms with E-state index >= 15 is 0 Å². The highest BCUT2D eigenvalue weighted by Crippen LogP contribution is 2.25. The number of rotatable bonds is 16. The molecule has 5 unspecified atom stereocenters. The fraction of sp³-hybridized carbons (Fsp3) is 0.676. The Morgan fingerprint density at radius 1 is 0.721 bits per heavy atom. The average molecular weight is 599 g/mol. The van der Waals surface area contributed by atoms with E-state index in [2.05, 4.69) is 72.7 Å². The molecule has 3 saturated heterocycles. The summed E-state index contributed by atoms with van der Waals surface area (Å²) in [6.45, 7) is 21.3. The van der Waals surface area contributed by atoms with Crippen LogP contribution in [-0.4, -0.2) is 64.6 Å². The van der Waals surface area contributed by atoms with Crippen LogP contribution >= 0.6 is 0 Å². The quantitative estimate of drug-likeness (QED) is 0.181. The third-order valence-corrected chi connectivity index (χ3v) is 8.06. The van der Waals surface area contributed by atoms with Crippen LogP contribution in [0, 0.1) is 5.92 Å². The zero-order chi connectivity index (χ0) is 31.1. The van der Waals surface area contributed by atoms with E-state index in [-0.39, 0.29) is 5.41 Å². The van der Waals surface area contributed by atoms with Crippen molar-refractivity contribution in [1.82, 2.24) is 0 Å². The maximum absolute atomic E-state index is 5.58. The van der Waals surface area contributed by atoms with Crippen molar-refractivity contribution in [1.29, 1.82) is 0 Å². The van der Waals surface area contributed by atoms with Crippen LogP contribution in [0.4, 0.5) is 0 Å². The van der Waals surface area contributed by atoms with Crippen molar-refractivity contribution in [3.63, 3.8) is 0 Å². The van der Waals surface area contributed by atoms with Gasteiger partial charge in [-0.05, 0) is 65.5 Å². The van der Waals surface area contributed by atoms with Gasteiger partial charge in [0.05, 0.1) is 26.4 Å². The summed E-state index contributed by atoms with van der Waals surface area (Å²) >= 11 is 0. The summed E-state index contributed by atoms with van der Waals surface area (Å²) in [5, 5.41) is 0. The molecule has 6 nitrogen and oxygen atoms in total. The number of hydrogen-bond donors (Lipinski definition) is 0. The van der Waals surface area contributed by atoms with E-state index in [9.17, 15) is 0 Å². The highest BCUT2D eigenvalue weighted by Gasteiger charge is 2.24. The summed E-state index contributed by atoms with van der Waals surface area (Å²) in [5.74, 6) is 3.26. The molecule has 0 spiro atoms. The minimum atomic E-state index is 0.206.